The standard InChI is InChI=1S/C14H10N4O3.CH4O/c1-21-11-6-18-13(9-5-15-2-3-16-9)14-12(11)8(4-17-14)10(20)7-19;1-2/h2-7,17H,1H3;2H,1H3. The van der Waals surface area contributed by atoms with Gasteiger partial charge in [0, 0.05) is 25.7 Å². The molecule has 0 radical (unpaired) electrons. The van der Waals surface area contributed by atoms with Crippen LogP contribution in [-0.2, 0) is 4.79 Å². The fourth-order valence-electron chi connectivity index (χ4n) is 2.15. The second-order valence-electron chi connectivity index (χ2n) is 4.20. The molecule has 0 aromatic carbocycles. The van der Waals surface area contributed by atoms with E-state index in [1.54, 1.807) is 18.6 Å². The Bertz CT molecular complexity index is 830. The molecule has 3 rings (SSSR count). The maximum atomic E-state index is 11.7. The Morgan fingerprint density at radius 2 is 2.04 bits per heavy atom. The molecule has 8 nitrogen and oxygen atoms in total. The molecule has 8 heteroatoms. The van der Waals surface area contributed by atoms with Gasteiger partial charge in [0.2, 0.25) is 5.78 Å². The lowest BCUT2D eigenvalue weighted by atomic mass is 10.1. The first-order valence-electron chi connectivity index (χ1n) is 6.51. The number of Topliss-reactive ketones (excluding diaryl/α,β-unsaturated/α-hetero) is 1. The summed E-state index contributed by atoms with van der Waals surface area (Å²) in [5.74, 6) is -0.222. The number of aliphatic hydroxyl groups is 1. The highest BCUT2D eigenvalue weighted by Crippen LogP contribution is 2.33. The third kappa shape index (κ3) is 2.92. The van der Waals surface area contributed by atoms with Gasteiger partial charge in [-0.25, -0.2) is 4.98 Å². The van der Waals surface area contributed by atoms with E-state index in [2.05, 4.69) is 19.9 Å². The fraction of sp³-hybridized carbons (Fsp3) is 0.133. The number of aromatic amines is 1. The van der Waals surface area contributed by atoms with E-state index in [9.17, 15) is 9.59 Å². The van der Waals surface area contributed by atoms with E-state index in [4.69, 9.17) is 9.84 Å². The van der Waals surface area contributed by atoms with Crippen molar-refractivity contribution in [1.29, 1.82) is 0 Å². The molecule has 0 atom stereocenters. The summed E-state index contributed by atoms with van der Waals surface area (Å²) < 4.78 is 5.23. The molecule has 3 heterocycles. The molecule has 118 valence electrons. The van der Waals surface area contributed by atoms with Gasteiger partial charge in [0.15, 0.2) is 6.29 Å². The molecule has 0 amide bonds. The van der Waals surface area contributed by atoms with Gasteiger partial charge in [0.05, 0.1) is 36.0 Å². The summed E-state index contributed by atoms with van der Waals surface area (Å²) in [5, 5.41) is 7.50. The second kappa shape index (κ2) is 7.23. The Hall–Kier alpha value is -3.13. The second-order valence-corrected chi connectivity index (χ2v) is 4.20. The van der Waals surface area contributed by atoms with Crippen LogP contribution in [0, 0.1) is 0 Å². The van der Waals surface area contributed by atoms with Crippen molar-refractivity contribution >= 4 is 23.0 Å². The molecule has 3 aromatic rings. The average molecular weight is 314 g/mol. The van der Waals surface area contributed by atoms with Gasteiger partial charge in [-0.3, -0.25) is 19.6 Å². The van der Waals surface area contributed by atoms with E-state index in [1.807, 2.05) is 0 Å². The van der Waals surface area contributed by atoms with Crippen LogP contribution >= 0.6 is 0 Å². The van der Waals surface area contributed by atoms with Crippen molar-refractivity contribution in [3.8, 4) is 17.1 Å². The number of ketones is 1. The summed E-state index contributed by atoms with van der Waals surface area (Å²) in [5.41, 5.74) is 1.89. The molecule has 0 unspecified atom stereocenters. The molecule has 0 spiro atoms. The number of fused-ring (bicyclic) bond motifs is 1. The molecule has 0 aliphatic rings. The van der Waals surface area contributed by atoms with E-state index in [0.717, 1.165) is 7.11 Å². The molecule has 0 aliphatic carbocycles. The van der Waals surface area contributed by atoms with Crippen molar-refractivity contribution in [1.82, 2.24) is 19.9 Å². The average Bonchev–Trinajstić information content (AvgIpc) is 3.08. The normalized spacial score (nSPS) is 9.87. The number of carbonyl (C=O) groups is 2. The van der Waals surface area contributed by atoms with Crippen LogP contribution in [0.15, 0.2) is 31.0 Å². The van der Waals surface area contributed by atoms with Crippen LogP contribution in [0.4, 0.5) is 0 Å². The van der Waals surface area contributed by atoms with Gasteiger partial charge >= 0.3 is 0 Å². The maximum Gasteiger partial charge on any atom is 0.227 e. The smallest absolute Gasteiger partial charge is 0.227 e. The van der Waals surface area contributed by atoms with E-state index in [0.29, 0.717) is 28.0 Å². The Morgan fingerprint density at radius 1 is 1.26 bits per heavy atom. The quantitative estimate of drug-likeness (QED) is 0.419. The highest BCUT2D eigenvalue weighted by atomic mass is 16.5. The first-order chi connectivity index (χ1) is 11.3. The van der Waals surface area contributed by atoms with Crippen LogP contribution < -0.4 is 4.74 Å². The van der Waals surface area contributed by atoms with Crippen LogP contribution in [0.25, 0.3) is 22.3 Å². The van der Waals surface area contributed by atoms with Crippen molar-refractivity contribution < 1.29 is 19.4 Å². The van der Waals surface area contributed by atoms with Crippen molar-refractivity contribution in [2.24, 2.45) is 0 Å². The molecule has 0 saturated carbocycles. The first kappa shape index (κ1) is 16.2. The highest BCUT2D eigenvalue weighted by Gasteiger charge is 2.19. The van der Waals surface area contributed by atoms with Gasteiger partial charge in [-0.05, 0) is 0 Å². The van der Waals surface area contributed by atoms with Gasteiger partial charge in [-0.15, -0.1) is 0 Å². The Labute approximate surface area is 131 Å². The largest absolute Gasteiger partial charge is 0.494 e. The Morgan fingerprint density at radius 3 is 2.65 bits per heavy atom. The number of nitrogens with zero attached hydrogens (tertiary/aromatic N) is 3. The van der Waals surface area contributed by atoms with Gasteiger partial charge in [-0.2, -0.15) is 0 Å². The molecule has 23 heavy (non-hydrogen) atoms. The van der Waals surface area contributed by atoms with Crippen LogP contribution in [-0.4, -0.2) is 51.3 Å². The third-order valence-electron chi connectivity index (χ3n) is 3.07. The topological polar surface area (TPSA) is 118 Å². The summed E-state index contributed by atoms with van der Waals surface area (Å²) in [6.07, 6.45) is 7.89. The zero-order chi connectivity index (χ0) is 16.8. The number of nitrogens with one attached hydrogen (secondary N) is 1. The zero-order valence-electron chi connectivity index (χ0n) is 12.5. The van der Waals surface area contributed by atoms with E-state index in [1.165, 1.54) is 19.5 Å². The highest BCUT2D eigenvalue weighted by molar-refractivity contribution is 6.37. The zero-order valence-corrected chi connectivity index (χ0v) is 12.5. The summed E-state index contributed by atoms with van der Waals surface area (Å²) in [7, 11) is 2.47. The predicted octanol–water partition coefficient (Wildman–Crippen LogP) is 1.02. The fourth-order valence-corrected chi connectivity index (χ4v) is 2.15. The Kier molecular flexibility index (Phi) is 5.11. The summed E-state index contributed by atoms with van der Waals surface area (Å²) in [6.45, 7) is 0. The lowest BCUT2D eigenvalue weighted by molar-refractivity contribution is -0.104. The van der Waals surface area contributed by atoms with Crippen molar-refractivity contribution in [3.63, 3.8) is 0 Å². The van der Waals surface area contributed by atoms with Crippen molar-refractivity contribution in [3.05, 3.63) is 36.5 Å². The molecule has 0 aliphatic heterocycles. The van der Waals surface area contributed by atoms with E-state index < -0.39 is 5.78 Å². The first-order valence-corrected chi connectivity index (χ1v) is 6.51. The number of aromatic nitrogens is 4. The number of carbonyl (C=O) groups excluding carboxylic acids is 2. The maximum absolute atomic E-state index is 11.7. The van der Waals surface area contributed by atoms with Crippen LogP contribution in [0.3, 0.4) is 0 Å². The lowest BCUT2D eigenvalue weighted by Crippen LogP contribution is -2.00. The molecular weight excluding hydrogens is 300 g/mol. The predicted molar refractivity (Wildman–Crippen MR) is 82.2 cm³/mol. The molecular formula is C15H14N4O4. The number of H-pyrrole nitrogens is 1. The monoisotopic (exact) mass is 314 g/mol. The van der Waals surface area contributed by atoms with Crippen molar-refractivity contribution in [2.45, 2.75) is 0 Å². The number of rotatable bonds is 4. The van der Waals surface area contributed by atoms with Crippen molar-refractivity contribution in [2.75, 3.05) is 14.2 Å². The molecule has 3 aromatic heterocycles. The summed E-state index contributed by atoms with van der Waals surface area (Å²) >= 11 is 0. The van der Waals surface area contributed by atoms with Crippen LogP contribution in [0.5, 0.6) is 5.75 Å². The molecule has 2 N–H and O–H groups in total. The summed E-state index contributed by atoms with van der Waals surface area (Å²) in [4.78, 5) is 37.9. The molecule has 0 fully saturated rings. The number of hydrogen-bond donors (Lipinski definition) is 2. The number of aldehydes is 1. The number of pyridine rings is 1. The van der Waals surface area contributed by atoms with Crippen LogP contribution in [0.1, 0.15) is 10.4 Å². The molecule has 0 bridgehead atoms. The van der Waals surface area contributed by atoms with Gasteiger partial charge < -0.3 is 14.8 Å². The van der Waals surface area contributed by atoms with E-state index in [-0.39, 0.29) is 11.8 Å². The lowest BCUT2D eigenvalue weighted by Gasteiger charge is -2.06. The SMILES string of the molecule is CO.COc1cnc(-c2cnccn2)c2[nH]cc(C(=O)C=O)c12. The van der Waals surface area contributed by atoms with Crippen LogP contribution in [0.2, 0.25) is 0 Å². The minimum absolute atomic E-state index is 0.240. The Balaban J connectivity index is 0.000000924. The number of hydrogen-bond acceptors (Lipinski definition) is 7. The van der Waals surface area contributed by atoms with Gasteiger partial charge in [-0.1, -0.05) is 0 Å². The number of methoxy groups -OCH3 is 1. The molecule has 0 saturated heterocycles. The van der Waals surface area contributed by atoms with Gasteiger partial charge in [0.1, 0.15) is 17.1 Å². The minimum Gasteiger partial charge on any atom is -0.494 e. The van der Waals surface area contributed by atoms with Gasteiger partial charge in [0.25, 0.3) is 0 Å². The number of aliphatic hydroxyl groups excluding tert-OH is 1. The minimum atomic E-state index is -0.629. The number of ether oxygens (including phenoxy) is 1. The third-order valence-corrected chi connectivity index (χ3v) is 3.07. The van der Waals surface area contributed by atoms with E-state index >= 15 is 0 Å². The summed E-state index contributed by atoms with van der Waals surface area (Å²) in [6, 6.07) is 0.